The summed E-state index contributed by atoms with van der Waals surface area (Å²) in [5, 5.41) is 9.65. The number of aromatic hydroxyl groups is 1. The van der Waals surface area contributed by atoms with Gasteiger partial charge < -0.3 is 5.11 Å². The predicted octanol–water partition coefficient (Wildman–Crippen LogP) is 6.15. The zero-order chi connectivity index (χ0) is 18.9. The normalized spacial score (nSPS) is 11.9. The minimum absolute atomic E-state index is 0.318. The molecule has 0 fully saturated rings. The molecule has 0 atom stereocenters. The molecule has 0 heterocycles. The smallest absolute Gasteiger partial charge is 0.115 e. The first-order chi connectivity index (χ1) is 13.8. The number of benzene rings is 4. The Bertz CT molecular complexity index is 1120. The lowest BCUT2D eigenvalue weighted by Crippen LogP contribution is -2.02. The van der Waals surface area contributed by atoms with Gasteiger partial charge in [0, 0.05) is 0 Å². The van der Waals surface area contributed by atoms with Crippen molar-refractivity contribution in [3.63, 3.8) is 0 Å². The van der Waals surface area contributed by atoms with Crippen LogP contribution in [0.25, 0.3) is 11.1 Å². The van der Waals surface area contributed by atoms with E-state index in [9.17, 15) is 5.11 Å². The van der Waals surface area contributed by atoms with Crippen molar-refractivity contribution in [2.75, 3.05) is 0 Å². The Labute approximate surface area is 165 Å². The lowest BCUT2D eigenvalue weighted by molar-refractivity contribution is 0.475. The molecule has 5 rings (SSSR count). The Kier molecular flexibility index (Phi) is 4.21. The van der Waals surface area contributed by atoms with Crippen molar-refractivity contribution in [1.29, 1.82) is 0 Å². The molecule has 4 aromatic rings. The zero-order valence-electron chi connectivity index (χ0n) is 15.7. The van der Waals surface area contributed by atoms with Crippen molar-refractivity contribution in [2.45, 2.75) is 19.3 Å². The standard InChI is InChI=1S/C27H22O/c28-23-13-10-20(11-14-23)17-26-22(16-19-6-2-1-3-7-19)12-15-25-24-9-5-4-8-21(24)18-27(25)26/h1-15,28H,16-18H2. The monoisotopic (exact) mass is 362 g/mol. The highest BCUT2D eigenvalue weighted by Gasteiger charge is 2.22. The largest absolute Gasteiger partial charge is 0.508 e. The minimum Gasteiger partial charge on any atom is -0.508 e. The molecular weight excluding hydrogens is 340 g/mol. The first-order valence-electron chi connectivity index (χ1n) is 9.82. The van der Waals surface area contributed by atoms with Crippen molar-refractivity contribution in [1.82, 2.24) is 0 Å². The number of phenolic OH excluding ortho intramolecular Hbond substituents is 1. The molecule has 0 aromatic heterocycles. The van der Waals surface area contributed by atoms with Gasteiger partial charge in [-0.1, -0.05) is 78.9 Å². The molecule has 0 aliphatic heterocycles. The van der Waals surface area contributed by atoms with E-state index in [0.717, 1.165) is 19.3 Å². The quantitative estimate of drug-likeness (QED) is 0.407. The second-order valence-corrected chi connectivity index (χ2v) is 7.57. The zero-order valence-corrected chi connectivity index (χ0v) is 15.7. The molecule has 0 unspecified atom stereocenters. The van der Waals surface area contributed by atoms with E-state index in [0.29, 0.717) is 5.75 Å². The van der Waals surface area contributed by atoms with Crippen LogP contribution in [0.3, 0.4) is 0 Å². The van der Waals surface area contributed by atoms with Gasteiger partial charge in [0.2, 0.25) is 0 Å². The van der Waals surface area contributed by atoms with Crippen LogP contribution in [0.5, 0.6) is 5.75 Å². The average molecular weight is 362 g/mol. The van der Waals surface area contributed by atoms with Gasteiger partial charge in [-0.3, -0.25) is 0 Å². The first-order valence-corrected chi connectivity index (χ1v) is 9.82. The summed E-state index contributed by atoms with van der Waals surface area (Å²) < 4.78 is 0. The van der Waals surface area contributed by atoms with Crippen molar-refractivity contribution >= 4 is 0 Å². The van der Waals surface area contributed by atoms with Crippen LogP contribution in [0.1, 0.15) is 33.4 Å². The SMILES string of the molecule is Oc1ccc(Cc2c(Cc3ccccc3)ccc3c2Cc2ccccc2-3)cc1. The average Bonchev–Trinajstić information content (AvgIpc) is 3.11. The van der Waals surface area contributed by atoms with E-state index in [4.69, 9.17) is 0 Å². The van der Waals surface area contributed by atoms with Gasteiger partial charge in [0.05, 0.1) is 0 Å². The number of phenols is 1. The van der Waals surface area contributed by atoms with Crippen LogP contribution in [0.15, 0.2) is 91.0 Å². The summed E-state index contributed by atoms with van der Waals surface area (Å²) in [4.78, 5) is 0. The van der Waals surface area contributed by atoms with Crippen molar-refractivity contribution in [3.8, 4) is 16.9 Å². The van der Waals surface area contributed by atoms with E-state index < -0.39 is 0 Å². The highest BCUT2D eigenvalue weighted by atomic mass is 16.3. The summed E-state index contributed by atoms with van der Waals surface area (Å²) in [6.07, 6.45) is 2.83. The van der Waals surface area contributed by atoms with E-state index in [-0.39, 0.29) is 0 Å². The summed E-state index contributed by atoms with van der Waals surface area (Å²) >= 11 is 0. The van der Waals surface area contributed by atoms with Crippen molar-refractivity contribution < 1.29 is 5.11 Å². The Morgan fingerprint density at radius 1 is 0.607 bits per heavy atom. The molecule has 0 amide bonds. The fourth-order valence-electron chi connectivity index (χ4n) is 4.34. The molecular formula is C27H22O. The fourth-order valence-corrected chi connectivity index (χ4v) is 4.34. The van der Waals surface area contributed by atoms with Gasteiger partial charge in [-0.05, 0) is 75.9 Å². The number of hydrogen-bond acceptors (Lipinski definition) is 1. The molecule has 1 N–H and O–H groups in total. The van der Waals surface area contributed by atoms with Gasteiger partial charge in [0.1, 0.15) is 5.75 Å². The van der Waals surface area contributed by atoms with Gasteiger partial charge in [-0.2, -0.15) is 0 Å². The van der Waals surface area contributed by atoms with E-state index in [2.05, 4.69) is 66.7 Å². The maximum atomic E-state index is 9.65. The second kappa shape index (κ2) is 7.01. The van der Waals surface area contributed by atoms with Crippen LogP contribution >= 0.6 is 0 Å². The Hall–Kier alpha value is -3.32. The molecule has 1 aliphatic carbocycles. The van der Waals surface area contributed by atoms with Gasteiger partial charge in [0.15, 0.2) is 0 Å². The molecule has 1 aliphatic rings. The van der Waals surface area contributed by atoms with Gasteiger partial charge in [-0.25, -0.2) is 0 Å². The van der Waals surface area contributed by atoms with Crippen molar-refractivity contribution in [2.24, 2.45) is 0 Å². The van der Waals surface area contributed by atoms with Crippen LogP contribution in [0, 0.1) is 0 Å². The Morgan fingerprint density at radius 2 is 1.32 bits per heavy atom. The molecule has 0 bridgehead atoms. The van der Waals surface area contributed by atoms with E-state index >= 15 is 0 Å². The topological polar surface area (TPSA) is 20.2 Å². The molecule has 0 saturated heterocycles. The van der Waals surface area contributed by atoms with E-state index in [1.54, 1.807) is 12.1 Å². The highest BCUT2D eigenvalue weighted by molar-refractivity contribution is 5.78. The number of fused-ring (bicyclic) bond motifs is 3. The summed E-state index contributed by atoms with van der Waals surface area (Å²) in [6, 6.07) is 31.7. The highest BCUT2D eigenvalue weighted by Crippen LogP contribution is 2.40. The lowest BCUT2D eigenvalue weighted by atomic mass is 9.89. The molecule has 1 heteroatoms. The molecule has 4 aromatic carbocycles. The number of rotatable bonds is 4. The summed E-state index contributed by atoms with van der Waals surface area (Å²) in [5.41, 5.74) is 11.0. The van der Waals surface area contributed by atoms with Gasteiger partial charge >= 0.3 is 0 Å². The van der Waals surface area contributed by atoms with Crippen LogP contribution in [0.2, 0.25) is 0 Å². The van der Waals surface area contributed by atoms with Gasteiger partial charge in [-0.15, -0.1) is 0 Å². The maximum Gasteiger partial charge on any atom is 0.115 e. The third kappa shape index (κ3) is 3.10. The van der Waals surface area contributed by atoms with Crippen molar-refractivity contribution in [3.05, 3.63) is 124 Å². The third-order valence-corrected chi connectivity index (χ3v) is 5.76. The third-order valence-electron chi connectivity index (χ3n) is 5.76. The predicted molar refractivity (Wildman–Crippen MR) is 115 cm³/mol. The fraction of sp³-hybridized carbons (Fsp3) is 0.111. The van der Waals surface area contributed by atoms with E-state index in [1.165, 1.54) is 44.5 Å². The van der Waals surface area contributed by atoms with Crippen LogP contribution in [-0.2, 0) is 19.3 Å². The summed E-state index contributed by atoms with van der Waals surface area (Å²) in [6.45, 7) is 0. The molecule has 28 heavy (non-hydrogen) atoms. The molecule has 0 saturated carbocycles. The lowest BCUT2D eigenvalue weighted by Gasteiger charge is -2.16. The molecule has 0 spiro atoms. The Morgan fingerprint density at radius 3 is 2.14 bits per heavy atom. The van der Waals surface area contributed by atoms with E-state index in [1.807, 2.05) is 12.1 Å². The molecule has 0 radical (unpaired) electrons. The Balaban J connectivity index is 1.61. The maximum absolute atomic E-state index is 9.65. The van der Waals surface area contributed by atoms with Crippen LogP contribution in [-0.4, -0.2) is 5.11 Å². The molecule has 1 nitrogen and oxygen atoms in total. The van der Waals surface area contributed by atoms with Crippen LogP contribution < -0.4 is 0 Å². The first kappa shape index (κ1) is 16.8. The molecule has 136 valence electrons. The van der Waals surface area contributed by atoms with Gasteiger partial charge in [0.25, 0.3) is 0 Å². The number of hydrogen-bond donors (Lipinski definition) is 1. The minimum atomic E-state index is 0.318. The van der Waals surface area contributed by atoms with Crippen LogP contribution in [0.4, 0.5) is 0 Å². The summed E-state index contributed by atoms with van der Waals surface area (Å²) in [7, 11) is 0. The summed E-state index contributed by atoms with van der Waals surface area (Å²) in [5.74, 6) is 0.318. The second-order valence-electron chi connectivity index (χ2n) is 7.57.